The summed E-state index contributed by atoms with van der Waals surface area (Å²) in [5.41, 5.74) is 3.91. The number of aryl methyl sites for hydroxylation is 3. The Morgan fingerprint density at radius 1 is 1.10 bits per heavy atom. The SMILES string of the molecule is Cc1nc(CCCc2ccccc2)n2c1CN(Cc1sc(N(C)C)nc1Cl)CC2. The van der Waals surface area contributed by atoms with Gasteiger partial charge in [-0.2, -0.15) is 0 Å². The maximum atomic E-state index is 6.38. The number of hydrogen-bond donors (Lipinski definition) is 0. The average molecular weight is 430 g/mol. The molecule has 5 nitrogen and oxygen atoms in total. The van der Waals surface area contributed by atoms with E-state index in [0.29, 0.717) is 5.15 Å². The predicted octanol–water partition coefficient (Wildman–Crippen LogP) is 4.56. The van der Waals surface area contributed by atoms with Crippen LogP contribution in [0.15, 0.2) is 30.3 Å². The molecular weight excluding hydrogens is 402 g/mol. The summed E-state index contributed by atoms with van der Waals surface area (Å²) >= 11 is 8.06. The summed E-state index contributed by atoms with van der Waals surface area (Å²) in [6, 6.07) is 10.7. The van der Waals surface area contributed by atoms with Gasteiger partial charge in [0, 0.05) is 46.7 Å². The molecule has 1 aliphatic heterocycles. The Hall–Kier alpha value is -1.89. The third-order valence-corrected chi connectivity index (χ3v) is 7.09. The zero-order chi connectivity index (χ0) is 20.4. The molecule has 0 atom stereocenters. The van der Waals surface area contributed by atoms with Gasteiger partial charge in [-0.25, -0.2) is 9.97 Å². The Balaban J connectivity index is 1.40. The summed E-state index contributed by atoms with van der Waals surface area (Å²) in [5, 5.41) is 1.60. The van der Waals surface area contributed by atoms with Crippen molar-refractivity contribution in [3.63, 3.8) is 0 Å². The Bertz CT molecular complexity index is 963. The molecule has 0 unspecified atom stereocenters. The predicted molar refractivity (Wildman–Crippen MR) is 121 cm³/mol. The van der Waals surface area contributed by atoms with E-state index < -0.39 is 0 Å². The largest absolute Gasteiger partial charge is 0.354 e. The van der Waals surface area contributed by atoms with Crippen molar-refractivity contribution in [2.24, 2.45) is 0 Å². The summed E-state index contributed by atoms with van der Waals surface area (Å²) in [7, 11) is 4.00. The number of halogens is 1. The van der Waals surface area contributed by atoms with Crippen LogP contribution in [0.2, 0.25) is 5.15 Å². The highest BCUT2D eigenvalue weighted by Gasteiger charge is 2.23. The van der Waals surface area contributed by atoms with Crippen molar-refractivity contribution in [2.45, 2.75) is 45.8 Å². The first kappa shape index (κ1) is 20.4. The van der Waals surface area contributed by atoms with Gasteiger partial charge in [-0.3, -0.25) is 4.90 Å². The number of nitrogens with zero attached hydrogens (tertiary/aromatic N) is 5. The molecule has 0 aliphatic carbocycles. The Labute approximate surface area is 182 Å². The minimum absolute atomic E-state index is 0.635. The molecule has 29 heavy (non-hydrogen) atoms. The third kappa shape index (κ3) is 4.65. The number of imidazole rings is 1. The monoisotopic (exact) mass is 429 g/mol. The van der Waals surface area contributed by atoms with Crippen LogP contribution in [0.25, 0.3) is 0 Å². The zero-order valence-electron chi connectivity index (χ0n) is 17.4. The number of hydrogen-bond acceptors (Lipinski definition) is 5. The number of anilines is 1. The molecule has 1 aromatic carbocycles. The van der Waals surface area contributed by atoms with Crippen molar-refractivity contribution in [1.29, 1.82) is 0 Å². The van der Waals surface area contributed by atoms with Gasteiger partial charge in [-0.05, 0) is 25.3 Å². The van der Waals surface area contributed by atoms with Crippen molar-refractivity contribution < 1.29 is 0 Å². The van der Waals surface area contributed by atoms with Crippen molar-refractivity contribution in [2.75, 3.05) is 25.5 Å². The molecule has 4 rings (SSSR count). The second-order valence-electron chi connectivity index (χ2n) is 7.87. The summed E-state index contributed by atoms with van der Waals surface area (Å²) in [5.74, 6) is 1.23. The fourth-order valence-corrected chi connectivity index (χ4v) is 5.12. The molecule has 0 spiro atoms. The third-order valence-electron chi connectivity index (χ3n) is 5.46. The number of thiazole rings is 1. The summed E-state index contributed by atoms with van der Waals surface area (Å²) < 4.78 is 2.44. The molecule has 1 aliphatic rings. The van der Waals surface area contributed by atoms with E-state index in [1.807, 2.05) is 19.0 Å². The lowest BCUT2D eigenvalue weighted by Crippen LogP contribution is -2.33. The van der Waals surface area contributed by atoms with Gasteiger partial charge in [-0.1, -0.05) is 53.3 Å². The van der Waals surface area contributed by atoms with Crippen LogP contribution in [-0.4, -0.2) is 40.1 Å². The lowest BCUT2D eigenvalue weighted by molar-refractivity contribution is 0.212. The highest BCUT2D eigenvalue weighted by molar-refractivity contribution is 7.16. The maximum Gasteiger partial charge on any atom is 0.186 e. The van der Waals surface area contributed by atoms with Gasteiger partial charge in [0.2, 0.25) is 0 Å². The molecule has 3 aromatic rings. The second-order valence-corrected chi connectivity index (χ2v) is 9.29. The quantitative estimate of drug-likeness (QED) is 0.551. The second kappa shape index (κ2) is 8.86. The van der Waals surface area contributed by atoms with E-state index in [0.717, 1.165) is 61.1 Å². The molecule has 0 bridgehead atoms. The number of aromatic nitrogens is 3. The molecule has 2 aromatic heterocycles. The van der Waals surface area contributed by atoms with Crippen molar-refractivity contribution >= 4 is 28.1 Å². The lowest BCUT2D eigenvalue weighted by atomic mass is 10.1. The van der Waals surface area contributed by atoms with Crippen LogP contribution in [0, 0.1) is 6.92 Å². The average Bonchev–Trinajstić information content (AvgIpc) is 3.23. The van der Waals surface area contributed by atoms with Crippen molar-refractivity contribution in [3.8, 4) is 0 Å². The van der Waals surface area contributed by atoms with Crippen molar-refractivity contribution in [3.05, 3.63) is 63.1 Å². The van der Waals surface area contributed by atoms with Crippen LogP contribution in [0.5, 0.6) is 0 Å². The van der Waals surface area contributed by atoms with Gasteiger partial charge < -0.3 is 9.47 Å². The van der Waals surface area contributed by atoms with Crippen molar-refractivity contribution in [1.82, 2.24) is 19.4 Å². The fourth-order valence-electron chi connectivity index (χ4n) is 3.90. The maximum absolute atomic E-state index is 6.38. The Kier molecular flexibility index (Phi) is 6.23. The molecule has 7 heteroatoms. The molecule has 0 amide bonds. The minimum atomic E-state index is 0.635. The van der Waals surface area contributed by atoms with Crippen LogP contribution in [0.4, 0.5) is 5.13 Å². The normalized spacial score (nSPS) is 14.2. The molecular formula is C22H28ClN5S. The molecule has 0 fully saturated rings. The van der Waals surface area contributed by atoms with E-state index in [4.69, 9.17) is 16.6 Å². The van der Waals surface area contributed by atoms with E-state index in [1.54, 1.807) is 11.3 Å². The van der Waals surface area contributed by atoms with E-state index in [1.165, 1.54) is 17.1 Å². The van der Waals surface area contributed by atoms with Gasteiger partial charge in [-0.15, -0.1) is 0 Å². The van der Waals surface area contributed by atoms with E-state index in [-0.39, 0.29) is 0 Å². The molecule has 0 N–H and O–H groups in total. The van der Waals surface area contributed by atoms with Crippen LogP contribution < -0.4 is 4.90 Å². The first-order valence-electron chi connectivity index (χ1n) is 10.1. The summed E-state index contributed by atoms with van der Waals surface area (Å²) in [6.07, 6.45) is 3.27. The van der Waals surface area contributed by atoms with Crippen LogP contribution >= 0.6 is 22.9 Å². The molecule has 0 radical (unpaired) electrons. The van der Waals surface area contributed by atoms with Gasteiger partial charge in [0.15, 0.2) is 5.13 Å². The zero-order valence-corrected chi connectivity index (χ0v) is 18.9. The summed E-state index contributed by atoms with van der Waals surface area (Å²) in [6.45, 7) is 5.91. The van der Waals surface area contributed by atoms with Crippen LogP contribution in [0.1, 0.15) is 34.1 Å². The first-order valence-corrected chi connectivity index (χ1v) is 11.3. The van der Waals surface area contributed by atoms with E-state index in [9.17, 15) is 0 Å². The van der Waals surface area contributed by atoms with Gasteiger partial charge in [0.1, 0.15) is 11.0 Å². The van der Waals surface area contributed by atoms with E-state index >= 15 is 0 Å². The molecule has 3 heterocycles. The van der Waals surface area contributed by atoms with Gasteiger partial charge in [0.25, 0.3) is 0 Å². The molecule has 0 saturated carbocycles. The van der Waals surface area contributed by atoms with Crippen LogP contribution in [0.3, 0.4) is 0 Å². The highest BCUT2D eigenvalue weighted by Crippen LogP contribution is 2.31. The number of benzene rings is 1. The topological polar surface area (TPSA) is 37.2 Å². The van der Waals surface area contributed by atoms with Gasteiger partial charge in [0.05, 0.1) is 16.3 Å². The highest BCUT2D eigenvalue weighted by atomic mass is 35.5. The standard InChI is InChI=1S/C22H28ClN5S/c1-16-18-14-27(15-19-21(23)25-22(29-19)26(2)3)12-13-28(18)20(24-16)11-7-10-17-8-5-4-6-9-17/h4-6,8-9H,7,10-15H2,1-3H3. The molecule has 154 valence electrons. The van der Waals surface area contributed by atoms with Gasteiger partial charge >= 0.3 is 0 Å². The Morgan fingerprint density at radius 3 is 2.62 bits per heavy atom. The van der Waals surface area contributed by atoms with E-state index in [2.05, 4.69) is 51.7 Å². The minimum Gasteiger partial charge on any atom is -0.354 e. The van der Waals surface area contributed by atoms with Crippen LogP contribution in [-0.2, 0) is 32.5 Å². The molecule has 0 saturated heterocycles. The summed E-state index contributed by atoms with van der Waals surface area (Å²) in [4.78, 5) is 15.0. The lowest BCUT2D eigenvalue weighted by Gasteiger charge is -2.29. The number of fused-ring (bicyclic) bond motifs is 1. The first-order chi connectivity index (χ1) is 14.0. The number of rotatable bonds is 7. The Morgan fingerprint density at radius 2 is 1.90 bits per heavy atom. The smallest absolute Gasteiger partial charge is 0.186 e. The fraction of sp³-hybridized carbons (Fsp3) is 0.455.